The highest BCUT2D eigenvalue weighted by atomic mass is 35.5. The summed E-state index contributed by atoms with van der Waals surface area (Å²) in [5.74, 6) is 0.0838. The highest BCUT2D eigenvalue weighted by molar-refractivity contribution is 6.34. The van der Waals surface area contributed by atoms with Gasteiger partial charge in [0.05, 0.1) is 23.7 Å². The summed E-state index contributed by atoms with van der Waals surface area (Å²) in [6.07, 6.45) is 5.77. The maximum absolute atomic E-state index is 12.4. The molecule has 1 heterocycles. The zero-order valence-corrected chi connectivity index (χ0v) is 13.9. The molecule has 0 aromatic heterocycles. The summed E-state index contributed by atoms with van der Waals surface area (Å²) in [6, 6.07) is 5.13. The van der Waals surface area contributed by atoms with E-state index in [-0.39, 0.29) is 22.5 Å². The number of carbonyl (C=O) groups excluding carboxylic acids is 2. The van der Waals surface area contributed by atoms with E-state index in [0.717, 1.165) is 12.8 Å². The Kier molecular flexibility index (Phi) is 4.87. The van der Waals surface area contributed by atoms with Crippen molar-refractivity contribution >= 4 is 29.2 Å². The van der Waals surface area contributed by atoms with Crippen LogP contribution >= 0.6 is 11.6 Å². The normalized spacial score (nSPS) is 26.4. The predicted molar refractivity (Wildman–Crippen MR) is 88.7 cm³/mol. The first-order chi connectivity index (χ1) is 11.1. The second-order valence-corrected chi connectivity index (χ2v) is 6.69. The summed E-state index contributed by atoms with van der Waals surface area (Å²) in [6.45, 7) is 0. The van der Waals surface area contributed by atoms with Gasteiger partial charge in [-0.1, -0.05) is 24.4 Å². The lowest BCUT2D eigenvalue weighted by molar-refractivity contribution is -0.117. The second-order valence-electron chi connectivity index (χ2n) is 6.28. The van der Waals surface area contributed by atoms with Gasteiger partial charge in [-0.3, -0.25) is 4.79 Å². The molecule has 3 unspecified atom stereocenters. The standard InChI is InChI=1S/C17H21ClN2O3/c1-23-17(22)12-7-6-11(9-13(12)18)19-16(21)15-8-10-4-2-3-5-14(10)20-15/h6-7,9-10,14-15,20H,2-5,8H2,1H3,(H,19,21). The molecule has 2 aliphatic rings. The van der Waals surface area contributed by atoms with Gasteiger partial charge in [0.15, 0.2) is 0 Å². The van der Waals surface area contributed by atoms with E-state index in [1.165, 1.54) is 26.4 Å². The number of carbonyl (C=O) groups is 2. The second kappa shape index (κ2) is 6.89. The molecule has 3 atom stereocenters. The zero-order chi connectivity index (χ0) is 16.4. The number of ether oxygens (including phenoxy) is 1. The van der Waals surface area contributed by atoms with Crippen molar-refractivity contribution in [1.82, 2.24) is 5.32 Å². The van der Waals surface area contributed by atoms with Gasteiger partial charge in [-0.25, -0.2) is 4.79 Å². The molecule has 1 amide bonds. The molecule has 0 spiro atoms. The van der Waals surface area contributed by atoms with Crippen LogP contribution in [0.15, 0.2) is 18.2 Å². The molecule has 1 saturated heterocycles. The van der Waals surface area contributed by atoms with Crippen LogP contribution < -0.4 is 10.6 Å². The Bertz CT molecular complexity index is 606. The van der Waals surface area contributed by atoms with E-state index >= 15 is 0 Å². The first-order valence-corrected chi connectivity index (χ1v) is 8.41. The number of benzene rings is 1. The number of methoxy groups -OCH3 is 1. The average molecular weight is 337 g/mol. The van der Waals surface area contributed by atoms with E-state index in [2.05, 4.69) is 15.4 Å². The van der Waals surface area contributed by atoms with Crippen LogP contribution in [0, 0.1) is 5.92 Å². The van der Waals surface area contributed by atoms with Gasteiger partial charge in [0, 0.05) is 11.7 Å². The number of hydrogen-bond acceptors (Lipinski definition) is 4. The Hall–Kier alpha value is -1.59. The van der Waals surface area contributed by atoms with Crippen molar-refractivity contribution in [3.05, 3.63) is 28.8 Å². The number of amides is 1. The fourth-order valence-corrected chi connectivity index (χ4v) is 3.88. The van der Waals surface area contributed by atoms with Gasteiger partial charge in [-0.15, -0.1) is 0 Å². The third-order valence-electron chi connectivity index (χ3n) is 4.82. The Labute approximate surface area is 140 Å². The zero-order valence-electron chi connectivity index (χ0n) is 13.1. The van der Waals surface area contributed by atoms with Crippen LogP contribution in [0.1, 0.15) is 42.5 Å². The van der Waals surface area contributed by atoms with Crippen LogP contribution in [0.4, 0.5) is 5.69 Å². The molecule has 1 aliphatic heterocycles. The number of fused-ring (bicyclic) bond motifs is 1. The minimum Gasteiger partial charge on any atom is -0.465 e. The minimum absolute atomic E-state index is 0.0405. The van der Waals surface area contributed by atoms with Crippen LogP contribution in [-0.4, -0.2) is 31.1 Å². The van der Waals surface area contributed by atoms with Gasteiger partial charge in [0.1, 0.15) is 0 Å². The molecule has 124 valence electrons. The fraction of sp³-hybridized carbons (Fsp3) is 0.529. The summed E-state index contributed by atoms with van der Waals surface area (Å²) in [5.41, 5.74) is 0.876. The molecular formula is C17H21ClN2O3. The van der Waals surface area contributed by atoms with E-state index < -0.39 is 5.97 Å². The Morgan fingerprint density at radius 1 is 1.30 bits per heavy atom. The third kappa shape index (κ3) is 3.51. The fourth-order valence-electron chi connectivity index (χ4n) is 3.62. The van der Waals surface area contributed by atoms with Crippen LogP contribution in [0.25, 0.3) is 0 Å². The maximum Gasteiger partial charge on any atom is 0.339 e. The van der Waals surface area contributed by atoms with Crippen molar-refractivity contribution in [3.8, 4) is 0 Å². The molecule has 0 bridgehead atoms. The number of esters is 1. The Morgan fingerprint density at radius 3 is 2.78 bits per heavy atom. The smallest absolute Gasteiger partial charge is 0.339 e. The quantitative estimate of drug-likeness (QED) is 0.833. The first-order valence-electron chi connectivity index (χ1n) is 8.03. The van der Waals surface area contributed by atoms with Gasteiger partial charge in [0.2, 0.25) is 5.91 Å². The number of anilines is 1. The molecule has 1 saturated carbocycles. The van der Waals surface area contributed by atoms with Crippen LogP contribution in [0.3, 0.4) is 0 Å². The summed E-state index contributed by atoms with van der Waals surface area (Å²) >= 11 is 6.08. The molecule has 2 N–H and O–H groups in total. The molecule has 3 rings (SSSR count). The van der Waals surface area contributed by atoms with E-state index in [4.69, 9.17) is 11.6 Å². The molecule has 1 aromatic rings. The highest BCUT2D eigenvalue weighted by Crippen LogP contribution is 2.33. The van der Waals surface area contributed by atoms with E-state index in [1.807, 2.05) is 0 Å². The van der Waals surface area contributed by atoms with Crippen molar-refractivity contribution in [2.45, 2.75) is 44.2 Å². The van der Waals surface area contributed by atoms with Crippen molar-refractivity contribution in [3.63, 3.8) is 0 Å². The van der Waals surface area contributed by atoms with Gasteiger partial charge in [-0.2, -0.15) is 0 Å². The Balaban J connectivity index is 1.64. The SMILES string of the molecule is COC(=O)c1ccc(NC(=O)C2CC3CCCCC3N2)cc1Cl. The summed E-state index contributed by atoms with van der Waals surface area (Å²) in [7, 11) is 1.31. The van der Waals surface area contributed by atoms with Crippen LogP contribution in [-0.2, 0) is 9.53 Å². The Morgan fingerprint density at radius 2 is 2.09 bits per heavy atom. The lowest BCUT2D eigenvalue weighted by atomic mass is 9.85. The number of rotatable bonds is 3. The van der Waals surface area contributed by atoms with E-state index in [1.54, 1.807) is 18.2 Å². The molecule has 0 radical (unpaired) electrons. The van der Waals surface area contributed by atoms with E-state index in [9.17, 15) is 9.59 Å². The molecule has 2 fully saturated rings. The van der Waals surface area contributed by atoms with Crippen LogP contribution in [0.2, 0.25) is 5.02 Å². The molecule has 5 nitrogen and oxygen atoms in total. The molecule has 6 heteroatoms. The van der Waals surface area contributed by atoms with Crippen LogP contribution in [0.5, 0.6) is 0 Å². The molecular weight excluding hydrogens is 316 g/mol. The van der Waals surface area contributed by atoms with Crippen molar-refractivity contribution in [1.29, 1.82) is 0 Å². The van der Waals surface area contributed by atoms with Crippen molar-refractivity contribution in [2.75, 3.05) is 12.4 Å². The number of hydrogen-bond donors (Lipinski definition) is 2. The minimum atomic E-state index is -0.491. The summed E-state index contributed by atoms with van der Waals surface area (Å²) in [4.78, 5) is 24.0. The highest BCUT2D eigenvalue weighted by Gasteiger charge is 2.38. The largest absolute Gasteiger partial charge is 0.465 e. The predicted octanol–water partition coefficient (Wildman–Crippen LogP) is 2.99. The van der Waals surface area contributed by atoms with Gasteiger partial charge in [-0.05, 0) is 43.4 Å². The topological polar surface area (TPSA) is 67.4 Å². The molecule has 1 aliphatic carbocycles. The summed E-state index contributed by atoms with van der Waals surface area (Å²) < 4.78 is 4.65. The van der Waals surface area contributed by atoms with Gasteiger partial charge in [0.25, 0.3) is 0 Å². The van der Waals surface area contributed by atoms with Crippen molar-refractivity contribution < 1.29 is 14.3 Å². The summed E-state index contributed by atoms with van der Waals surface area (Å²) in [5, 5.41) is 6.59. The lowest BCUT2D eigenvalue weighted by Crippen LogP contribution is -2.39. The van der Waals surface area contributed by atoms with Gasteiger partial charge < -0.3 is 15.4 Å². The number of nitrogens with one attached hydrogen (secondary N) is 2. The average Bonchev–Trinajstić information content (AvgIpc) is 2.98. The monoisotopic (exact) mass is 336 g/mol. The third-order valence-corrected chi connectivity index (χ3v) is 5.13. The number of halogens is 1. The van der Waals surface area contributed by atoms with Gasteiger partial charge >= 0.3 is 5.97 Å². The molecule has 23 heavy (non-hydrogen) atoms. The van der Waals surface area contributed by atoms with Crippen molar-refractivity contribution in [2.24, 2.45) is 5.92 Å². The first kappa shape index (κ1) is 16.3. The molecule has 1 aromatic carbocycles. The lowest BCUT2D eigenvalue weighted by Gasteiger charge is -2.24. The van der Waals surface area contributed by atoms with E-state index in [0.29, 0.717) is 17.6 Å². The maximum atomic E-state index is 12.4.